The lowest BCUT2D eigenvalue weighted by atomic mass is 10.1. The van der Waals surface area contributed by atoms with Crippen molar-refractivity contribution in [2.24, 2.45) is 0 Å². The van der Waals surface area contributed by atoms with Gasteiger partial charge >= 0.3 is 0 Å². The van der Waals surface area contributed by atoms with Crippen molar-refractivity contribution in [2.45, 2.75) is 13.3 Å². The number of nitrogens with two attached hydrogens (primary N) is 1. The van der Waals surface area contributed by atoms with Crippen LogP contribution in [0.3, 0.4) is 0 Å². The molecule has 0 aliphatic heterocycles. The molecule has 3 heteroatoms. The molecule has 0 bridgehead atoms. The Morgan fingerprint density at radius 2 is 2.24 bits per heavy atom. The maximum Gasteiger partial charge on any atom is 0.0724 e. The maximum absolute atomic E-state index is 6.11. The van der Waals surface area contributed by atoms with E-state index in [1.165, 1.54) is 0 Å². The molecule has 0 radical (unpaired) electrons. The van der Waals surface area contributed by atoms with Gasteiger partial charge in [0.15, 0.2) is 0 Å². The van der Waals surface area contributed by atoms with E-state index >= 15 is 0 Å². The summed E-state index contributed by atoms with van der Waals surface area (Å²) in [6.45, 7) is 2.91. The molecule has 3 N–H and O–H groups in total. The third-order valence-corrected chi connectivity index (χ3v) is 2.69. The Bertz CT molecular complexity index is 532. The molecule has 0 aliphatic carbocycles. The van der Waals surface area contributed by atoms with Crippen molar-refractivity contribution in [3.8, 4) is 0 Å². The van der Waals surface area contributed by atoms with Crippen LogP contribution in [0.5, 0.6) is 0 Å². The molecule has 2 aromatic rings. The SMILES string of the molecule is C/C=C/CCNc1ccc2ncccc2c1N. The van der Waals surface area contributed by atoms with E-state index < -0.39 is 0 Å². The number of aromatic nitrogens is 1. The van der Waals surface area contributed by atoms with Gasteiger partial charge in [0.2, 0.25) is 0 Å². The molecule has 0 saturated heterocycles. The van der Waals surface area contributed by atoms with E-state index in [-0.39, 0.29) is 0 Å². The van der Waals surface area contributed by atoms with Crippen molar-refractivity contribution < 1.29 is 0 Å². The average molecular weight is 227 g/mol. The van der Waals surface area contributed by atoms with Crippen molar-refractivity contribution in [1.29, 1.82) is 0 Å². The Kier molecular flexibility index (Phi) is 3.60. The minimum absolute atomic E-state index is 0.774. The summed E-state index contributed by atoms with van der Waals surface area (Å²) < 4.78 is 0. The number of allylic oxidation sites excluding steroid dienone is 1. The normalized spacial score (nSPS) is 11.1. The van der Waals surface area contributed by atoms with E-state index in [0.717, 1.165) is 35.2 Å². The summed E-state index contributed by atoms with van der Waals surface area (Å²) in [6.07, 6.45) is 6.96. The molecular formula is C14H17N3. The van der Waals surface area contributed by atoms with Crippen LogP contribution in [0.1, 0.15) is 13.3 Å². The largest absolute Gasteiger partial charge is 0.397 e. The topological polar surface area (TPSA) is 50.9 Å². The molecule has 1 heterocycles. The maximum atomic E-state index is 6.11. The lowest BCUT2D eigenvalue weighted by Crippen LogP contribution is -2.03. The minimum Gasteiger partial charge on any atom is -0.397 e. The summed E-state index contributed by atoms with van der Waals surface area (Å²) in [5.74, 6) is 0. The summed E-state index contributed by atoms with van der Waals surface area (Å²) in [6, 6.07) is 7.88. The third kappa shape index (κ3) is 2.56. The number of hydrogen-bond donors (Lipinski definition) is 2. The van der Waals surface area contributed by atoms with Crippen LogP contribution in [-0.2, 0) is 0 Å². The van der Waals surface area contributed by atoms with Gasteiger partial charge in [-0.15, -0.1) is 0 Å². The fourth-order valence-corrected chi connectivity index (χ4v) is 1.79. The van der Waals surface area contributed by atoms with Gasteiger partial charge in [0.25, 0.3) is 0 Å². The van der Waals surface area contributed by atoms with E-state index in [0.29, 0.717) is 0 Å². The highest BCUT2D eigenvalue weighted by Gasteiger charge is 2.03. The number of fused-ring (bicyclic) bond motifs is 1. The highest BCUT2D eigenvalue weighted by atomic mass is 14.9. The Labute approximate surface area is 101 Å². The van der Waals surface area contributed by atoms with Crippen molar-refractivity contribution in [3.05, 3.63) is 42.6 Å². The van der Waals surface area contributed by atoms with Crippen molar-refractivity contribution >= 4 is 22.3 Å². The fraction of sp³-hybridized carbons (Fsp3) is 0.214. The molecule has 2 rings (SSSR count). The second-order valence-electron chi connectivity index (χ2n) is 3.88. The standard InChI is InChI=1S/C14H17N3/c1-2-3-4-9-17-13-8-7-12-11(14(13)15)6-5-10-16-12/h2-3,5-8,10,17H,4,9,15H2,1H3/b3-2+. The first kappa shape index (κ1) is 11.5. The number of benzene rings is 1. The molecule has 0 saturated carbocycles. The monoisotopic (exact) mass is 227 g/mol. The van der Waals surface area contributed by atoms with Gasteiger partial charge in [-0.3, -0.25) is 4.98 Å². The van der Waals surface area contributed by atoms with Gasteiger partial charge in [0.1, 0.15) is 0 Å². The number of anilines is 2. The highest BCUT2D eigenvalue weighted by molar-refractivity contribution is 5.96. The summed E-state index contributed by atoms with van der Waals surface area (Å²) in [4.78, 5) is 4.27. The second kappa shape index (κ2) is 5.34. The Morgan fingerprint density at radius 1 is 1.35 bits per heavy atom. The summed E-state index contributed by atoms with van der Waals surface area (Å²) >= 11 is 0. The van der Waals surface area contributed by atoms with Crippen LogP contribution in [0.4, 0.5) is 11.4 Å². The zero-order chi connectivity index (χ0) is 12.1. The van der Waals surface area contributed by atoms with E-state index in [1.807, 2.05) is 31.2 Å². The zero-order valence-corrected chi connectivity index (χ0v) is 9.98. The molecule has 88 valence electrons. The van der Waals surface area contributed by atoms with Gasteiger partial charge in [-0.25, -0.2) is 0 Å². The second-order valence-corrected chi connectivity index (χ2v) is 3.88. The molecule has 17 heavy (non-hydrogen) atoms. The van der Waals surface area contributed by atoms with Gasteiger partial charge in [0.05, 0.1) is 16.9 Å². The van der Waals surface area contributed by atoms with Gasteiger partial charge in [-0.05, 0) is 37.6 Å². The van der Waals surface area contributed by atoms with Crippen LogP contribution in [0, 0.1) is 0 Å². The molecule has 1 aromatic heterocycles. The third-order valence-electron chi connectivity index (χ3n) is 2.69. The van der Waals surface area contributed by atoms with Crippen molar-refractivity contribution in [3.63, 3.8) is 0 Å². The van der Waals surface area contributed by atoms with Crippen LogP contribution >= 0.6 is 0 Å². The first-order valence-corrected chi connectivity index (χ1v) is 5.81. The molecule has 0 aliphatic rings. The van der Waals surface area contributed by atoms with E-state index in [2.05, 4.69) is 22.5 Å². The van der Waals surface area contributed by atoms with Crippen molar-refractivity contribution in [1.82, 2.24) is 4.98 Å². The summed E-state index contributed by atoms with van der Waals surface area (Å²) in [7, 11) is 0. The van der Waals surface area contributed by atoms with E-state index in [1.54, 1.807) is 6.20 Å². The summed E-state index contributed by atoms with van der Waals surface area (Å²) in [5.41, 5.74) is 8.80. The van der Waals surface area contributed by atoms with E-state index in [9.17, 15) is 0 Å². The van der Waals surface area contributed by atoms with Gasteiger partial charge in [0, 0.05) is 18.1 Å². The first-order valence-electron chi connectivity index (χ1n) is 5.81. The van der Waals surface area contributed by atoms with Crippen molar-refractivity contribution in [2.75, 3.05) is 17.6 Å². The number of pyridine rings is 1. The quantitative estimate of drug-likeness (QED) is 0.479. The number of hydrogen-bond acceptors (Lipinski definition) is 3. The predicted octanol–water partition coefficient (Wildman–Crippen LogP) is 3.20. The Hall–Kier alpha value is -2.03. The van der Waals surface area contributed by atoms with Crippen LogP contribution in [0.25, 0.3) is 10.9 Å². The van der Waals surface area contributed by atoms with Gasteiger partial charge < -0.3 is 11.1 Å². The molecule has 0 atom stereocenters. The summed E-state index contributed by atoms with van der Waals surface area (Å²) in [5, 5.41) is 4.34. The van der Waals surface area contributed by atoms with Crippen LogP contribution in [-0.4, -0.2) is 11.5 Å². The number of rotatable bonds is 4. The molecule has 1 aromatic carbocycles. The van der Waals surface area contributed by atoms with Crippen LogP contribution in [0.15, 0.2) is 42.6 Å². The lowest BCUT2D eigenvalue weighted by Gasteiger charge is -2.10. The lowest BCUT2D eigenvalue weighted by molar-refractivity contribution is 1.07. The van der Waals surface area contributed by atoms with Gasteiger partial charge in [-0.2, -0.15) is 0 Å². The molecule has 0 amide bonds. The fourth-order valence-electron chi connectivity index (χ4n) is 1.79. The smallest absolute Gasteiger partial charge is 0.0724 e. The van der Waals surface area contributed by atoms with Crippen LogP contribution < -0.4 is 11.1 Å². The highest BCUT2D eigenvalue weighted by Crippen LogP contribution is 2.27. The first-order chi connectivity index (χ1) is 8.33. The van der Waals surface area contributed by atoms with Gasteiger partial charge in [-0.1, -0.05) is 12.2 Å². The number of nitrogen functional groups attached to an aromatic ring is 1. The number of nitrogens with zero attached hydrogens (tertiary/aromatic N) is 1. The average Bonchev–Trinajstić information content (AvgIpc) is 2.37. The van der Waals surface area contributed by atoms with E-state index in [4.69, 9.17) is 5.73 Å². The predicted molar refractivity (Wildman–Crippen MR) is 74.1 cm³/mol. The Balaban J connectivity index is 2.20. The molecule has 0 spiro atoms. The molecule has 0 unspecified atom stereocenters. The molecule has 0 fully saturated rings. The van der Waals surface area contributed by atoms with Crippen LogP contribution in [0.2, 0.25) is 0 Å². The number of nitrogens with one attached hydrogen (secondary N) is 1. The zero-order valence-electron chi connectivity index (χ0n) is 9.98. The molecule has 3 nitrogen and oxygen atoms in total. The molecular weight excluding hydrogens is 210 g/mol. The Morgan fingerprint density at radius 3 is 3.06 bits per heavy atom. The minimum atomic E-state index is 0.774.